The molecule has 0 spiro atoms. The molecule has 5 nitrogen and oxygen atoms in total. The molecule has 0 saturated heterocycles. The van der Waals surface area contributed by atoms with Crippen LogP contribution in [0, 0.1) is 13.8 Å². The highest BCUT2D eigenvalue weighted by molar-refractivity contribution is 7.17. The van der Waals surface area contributed by atoms with Gasteiger partial charge in [-0.1, -0.05) is 31.5 Å². The van der Waals surface area contributed by atoms with Crippen LogP contribution in [0.15, 0.2) is 34.7 Å². The van der Waals surface area contributed by atoms with Crippen molar-refractivity contribution >= 4 is 27.5 Å². The Bertz CT molecular complexity index is 1040. The number of hydrogen-bond donors (Lipinski definition) is 0. The van der Waals surface area contributed by atoms with E-state index in [0.717, 1.165) is 24.0 Å². The van der Waals surface area contributed by atoms with Gasteiger partial charge in [0.05, 0.1) is 11.7 Å². The number of benzene rings is 1. The van der Waals surface area contributed by atoms with Gasteiger partial charge in [-0.05, 0) is 37.0 Å². The molecule has 1 amide bonds. The molecular formula is C21H25N3O2S. The number of nitrogens with zero attached hydrogens (tertiary/aromatic N) is 3. The molecule has 0 aliphatic heterocycles. The molecule has 6 heteroatoms. The maximum Gasteiger partial charge on any atom is 0.263 e. The van der Waals surface area contributed by atoms with E-state index in [0.29, 0.717) is 16.8 Å². The largest absolute Gasteiger partial charge is 0.344 e. The van der Waals surface area contributed by atoms with Crippen molar-refractivity contribution in [3.05, 3.63) is 51.4 Å². The molecule has 0 atom stereocenters. The lowest BCUT2D eigenvalue weighted by Gasteiger charge is -2.17. The SMILES string of the molecule is CCCCN(C)C(=O)Cn1cnc2scc(-c3ccc(C)c(C)c3)c2c1=O. The van der Waals surface area contributed by atoms with Gasteiger partial charge < -0.3 is 4.90 Å². The fourth-order valence-corrected chi connectivity index (χ4v) is 3.89. The summed E-state index contributed by atoms with van der Waals surface area (Å²) in [6.45, 7) is 6.94. The lowest BCUT2D eigenvalue weighted by molar-refractivity contribution is -0.130. The Hall–Kier alpha value is -2.47. The summed E-state index contributed by atoms with van der Waals surface area (Å²) in [5.41, 5.74) is 4.13. The van der Waals surface area contributed by atoms with Gasteiger partial charge in [0.15, 0.2) is 0 Å². The number of likely N-dealkylation sites (N-methyl/N-ethyl adjacent to an activating group) is 1. The van der Waals surface area contributed by atoms with Crippen molar-refractivity contribution < 1.29 is 4.79 Å². The molecule has 0 N–H and O–H groups in total. The van der Waals surface area contributed by atoms with Crippen molar-refractivity contribution in [3.63, 3.8) is 0 Å². The molecule has 0 radical (unpaired) electrons. The van der Waals surface area contributed by atoms with E-state index in [1.54, 1.807) is 11.9 Å². The summed E-state index contributed by atoms with van der Waals surface area (Å²) < 4.78 is 1.42. The van der Waals surface area contributed by atoms with E-state index in [-0.39, 0.29) is 18.0 Å². The van der Waals surface area contributed by atoms with Crippen LogP contribution in [-0.4, -0.2) is 34.0 Å². The Balaban J connectivity index is 1.98. The monoisotopic (exact) mass is 383 g/mol. The predicted octanol–water partition coefficient (Wildman–Crippen LogP) is 4.00. The molecule has 1 aromatic carbocycles. The smallest absolute Gasteiger partial charge is 0.263 e. The maximum absolute atomic E-state index is 13.1. The second-order valence-corrected chi connectivity index (χ2v) is 7.83. The lowest BCUT2D eigenvalue weighted by atomic mass is 10.0. The van der Waals surface area contributed by atoms with Crippen LogP contribution in [0.1, 0.15) is 30.9 Å². The van der Waals surface area contributed by atoms with Gasteiger partial charge in [-0.25, -0.2) is 4.98 Å². The van der Waals surface area contributed by atoms with Gasteiger partial charge in [0.2, 0.25) is 5.91 Å². The summed E-state index contributed by atoms with van der Waals surface area (Å²) in [6, 6.07) is 6.19. The van der Waals surface area contributed by atoms with Crippen LogP contribution in [0.4, 0.5) is 0 Å². The first kappa shape index (κ1) is 19.3. The highest BCUT2D eigenvalue weighted by atomic mass is 32.1. The number of aryl methyl sites for hydroxylation is 2. The number of unbranched alkanes of at least 4 members (excludes halogenated alkanes) is 1. The Morgan fingerprint density at radius 1 is 1.26 bits per heavy atom. The number of aromatic nitrogens is 2. The Morgan fingerprint density at radius 3 is 2.74 bits per heavy atom. The van der Waals surface area contributed by atoms with Crippen LogP contribution in [0.2, 0.25) is 0 Å². The summed E-state index contributed by atoms with van der Waals surface area (Å²) >= 11 is 1.46. The van der Waals surface area contributed by atoms with Gasteiger partial charge in [0, 0.05) is 24.5 Å². The highest BCUT2D eigenvalue weighted by Gasteiger charge is 2.16. The molecule has 0 fully saturated rings. The van der Waals surface area contributed by atoms with Crippen LogP contribution in [0.25, 0.3) is 21.3 Å². The van der Waals surface area contributed by atoms with E-state index in [2.05, 4.69) is 37.9 Å². The van der Waals surface area contributed by atoms with Crippen molar-refractivity contribution in [2.24, 2.45) is 0 Å². The second-order valence-electron chi connectivity index (χ2n) is 6.98. The van der Waals surface area contributed by atoms with Crippen LogP contribution < -0.4 is 5.56 Å². The van der Waals surface area contributed by atoms with E-state index < -0.39 is 0 Å². The minimum absolute atomic E-state index is 0.0181. The number of thiophene rings is 1. The van der Waals surface area contributed by atoms with Crippen LogP contribution in [0.3, 0.4) is 0 Å². The predicted molar refractivity (Wildman–Crippen MR) is 111 cm³/mol. The minimum Gasteiger partial charge on any atom is -0.344 e. The summed E-state index contributed by atoms with van der Waals surface area (Å²) in [4.78, 5) is 32.3. The van der Waals surface area contributed by atoms with Crippen molar-refractivity contribution in [1.82, 2.24) is 14.5 Å². The van der Waals surface area contributed by atoms with E-state index in [1.807, 2.05) is 11.4 Å². The van der Waals surface area contributed by atoms with Crippen molar-refractivity contribution in [2.75, 3.05) is 13.6 Å². The van der Waals surface area contributed by atoms with E-state index in [4.69, 9.17) is 0 Å². The molecule has 0 aliphatic carbocycles. The molecular weight excluding hydrogens is 358 g/mol. The minimum atomic E-state index is -0.160. The third kappa shape index (κ3) is 3.95. The number of carbonyl (C=O) groups excluding carboxylic acids is 1. The first-order valence-electron chi connectivity index (χ1n) is 9.20. The fraction of sp³-hybridized carbons (Fsp3) is 0.381. The Labute approximate surface area is 163 Å². The zero-order valence-electron chi connectivity index (χ0n) is 16.3. The quantitative estimate of drug-likeness (QED) is 0.646. The van der Waals surface area contributed by atoms with Crippen molar-refractivity contribution in [2.45, 2.75) is 40.2 Å². The molecule has 0 bridgehead atoms. The van der Waals surface area contributed by atoms with Crippen LogP contribution in [-0.2, 0) is 11.3 Å². The molecule has 3 rings (SSSR count). The van der Waals surface area contributed by atoms with E-state index in [1.165, 1.54) is 33.4 Å². The van der Waals surface area contributed by atoms with E-state index in [9.17, 15) is 9.59 Å². The first-order chi connectivity index (χ1) is 12.9. The Morgan fingerprint density at radius 2 is 2.04 bits per heavy atom. The van der Waals surface area contributed by atoms with Gasteiger partial charge in [0.25, 0.3) is 5.56 Å². The maximum atomic E-state index is 13.1. The fourth-order valence-electron chi connectivity index (χ4n) is 2.99. The van der Waals surface area contributed by atoms with Gasteiger partial charge >= 0.3 is 0 Å². The summed E-state index contributed by atoms with van der Waals surface area (Å²) in [7, 11) is 1.78. The number of carbonyl (C=O) groups is 1. The third-order valence-electron chi connectivity index (χ3n) is 4.96. The average Bonchev–Trinajstić information content (AvgIpc) is 3.09. The topological polar surface area (TPSA) is 55.2 Å². The lowest BCUT2D eigenvalue weighted by Crippen LogP contribution is -2.34. The molecule has 2 aromatic heterocycles. The zero-order chi connectivity index (χ0) is 19.6. The number of fused-ring (bicyclic) bond motifs is 1. The van der Waals surface area contributed by atoms with Crippen LogP contribution >= 0.6 is 11.3 Å². The molecule has 142 valence electrons. The molecule has 0 saturated carbocycles. The normalized spacial score (nSPS) is 11.1. The van der Waals surface area contributed by atoms with Gasteiger partial charge in [-0.3, -0.25) is 14.2 Å². The molecule has 2 heterocycles. The number of rotatable bonds is 6. The van der Waals surface area contributed by atoms with E-state index >= 15 is 0 Å². The van der Waals surface area contributed by atoms with Crippen LogP contribution in [0.5, 0.6) is 0 Å². The third-order valence-corrected chi connectivity index (χ3v) is 5.84. The first-order valence-corrected chi connectivity index (χ1v) is 10.1. The summed E-state index contributed by atoms with van der Waals surface area (Å²) in [5.74, 6) is -0.0744. The zero-order valence-corrected chi connectivity index (χ0v) is 17.1. The van der Waals surface area contributed by atoms with Crippen molar-refractivity contribution in [3.8, 4) is 11.1 Å². The standard InChI is InChI=1S/C21H25N3O2S/c1-5-6-9-23(4)18(25)11-24-13-22-20-19(21(24)26)17(12-27-20)16-8-7-14(2)15(3)10-16/h7-8,10,12-13H,5-6,9,11H2,1-4H3. The number of amides is 1. The molecule has 27 heavy (non-hydrogen) atoms. The van der Waals surface area contributed by atoms with Crippen molar-refractivity contribution in [1.29, 1.82) is 0 Å². The highest BCUT2D eigenvalue weighted by Crippen LogP contribution is 2.31. The average molecular weight is 384 g/mol. The second kappa shape index (κ2) is 8.05. The Kier molecular flexibility index (Phi) is 5.75. The molecule has 3 aromatic rings. The number of hydrogen-bond acceptors (Lipinski definition) is 4. The molecule has 0 unspecified atom stereocenters. The summed E-state index contributed by atoms with van der Waals surface area (Å²) in [5, 5.41) is 2.57. The van der Waals surface area contributed by atoms with Gasteiger partial charge in [-0.15, -0.1) is 11.3 Å². The van der Waals surface area contributed by atoms with Gasteiger partial charge in [0.1, 0.15) is 11.4 Å². The molecule has 0 aliphatic rings. The summed E-state index contributed by atoms with van der Waals surface area (Å²) in [6.07, 6.45) is 3.46. The van der Waals surface area contributed by atoms with Gasteiger partial charge in [-0.2, -0.15) is 0 Å².